The molecule has 0 bridgehead atoms. The summed E-state index contributed by atoms with van der Waals surface area (Å²) in [6.07, 6.45) is 8.54. The van der Waals surface area contributed by atoms with Crippen LogP contribution < -0.4 is 5.73 Å². The number of hydrogen-bond acceptors (Lipinski definition) is 1. The molecule has 1 nitrogen and oxygen atoms in total. The molecule has 1 saturated carbocycles. The SMILES string of the molecule is C#CC1(N)CCC(C)C(C)C1. The van der Waals surface area contributed by atoms with Crippen molar-refractivity contribution in [1.82, 2.24) is 0 Å². The highest BCUT2D eigenvalue weighted by molar-refractivity contribution is 5.13. The Morgan fingerprint density at radius 1 is 1.45 bits per heavy atom. The lowest BCUT2D eigenvalue weighted by molar-refractivity contribution is 0.216. The Kier molecular flexibility index (Phi) is 2.25. The molecule has 3 atom stereocenters. The third-order valence-electron chi connectivity index (χ3n) is 2.99. The summed E-state index contributed by atoms with van der Waals surface area (Å²) in [6.45, 7) is 4.52. The summed E-state index contributed by atoms with van der Waals surface area (Å²) >= 11 is 0. The van der Waals surface area contributed by atoms with Crippen LogP contribution in [0.3, 0.4) is 0 Å². The van der Waals surface area contributed by atoms with Gasteiger partial charge in [0.05, 0.1) is 5.54 Å². The molecule has 1 rings (SSSR count). The third kappa shape index (κ3) is 1.75. The molecule has 0 saturated heterocycles. The first kappa shape index (κ1) is 8.62. The smallest absolute Gasteiger partial charge is 0.0776 e. The van der Waals surface area contributed by atoms with Gasteiger partial charge in [-0.15, -0.1) is 6.42 Å². The molecule has 62 valence electrons. The molecule has 1 aliphatic carbocycles. The predicted octanol–water partition coefficient (Wildman–Crippen LogP) is 1.77. The molecule has 0 amide bonds. The van der Waals surface area contributed by atoms with Crippen LogP contribution in [0.15, 0.2) is 0 Å². The molecule has 0 radical (unpaired) electrons. The van der Waals surface area contributed by atoms with Gasteiger partial charge in [-0.05, 0) is 31.1 Å². The summed E-state index contributed by atoms with van der Waals surface area (Å²) in [6, 6.07) is 0. The van der Waals surface area contributed by atoms with Crippen LogP contribution in [0.25, 0.3) is 0 Å². The lowest BCUT2D eigenvalue weighted by atomic mass is 9.72. The fraction of sp³-hybridized carbons (Fsp3) is 0.800. The van der Waals surface area contributed by atoms with Crippen molar-refractivity contribution in [2.45, 2.75) is 38.6 Å². The minimum atomic E-state index is -0.300. The Balaban J connectivity index is 2.61. The fourth-order valence-electron chi connectivity index (χ4n) is 1.78. The van der Waals surface area contributed by atoms with E-state index in [0.29, 0.717) is 5.92 Å². The molecule has 0 aliphatic heterocycles. The highest BCUT2D eigenvalue weighted by Crippen LogP contribution is 2.33. The van der Waals surface area contributed by atoms with Crippen LogP contribution in [-0.4, -0.2) is 5.54 Å². The molecule has 0 aromatic heterocycles. The average molecular weight is 151 g/mol. The summed E-state index contributed by atoms with van der Waals surface area (Å²) in [5.41, 5.74) is 5.68. The largest absolute Gasteiger partial charge is 0.315 e. The summed E-state index contributed by atoms with van der Waals surface area (Å²) in [5.74, 6) is 4.19. The maximum absolute atomic E-state index is 5.97. The monoisotopic (exact) mass is 151 g/mol. The van der Waals surface area contributed by atoms with Gasteiger partial charge < -0.3 is 5.73 Å². The number of hydrogen-bond donors (Lipinski definition) is 1. The molecule has 0 heterocycles. The van der Waals surface area contributed by atoms with Crippen LogP contribution in [-0.2, 0) is 0 Å². The van der Waals surface area contributed by atoms with Crippen LogP contribution in [0.4, 0.5) is 0 Å². The van der Waals surface area contributed by atoms with E-state index in [1.165, 1.54) is 6.42 Å². The zero-order chi connectivity index (χ0) is 8.48. The van der Waals surface area contributed by atoms with Crippen molar-refractivity contribution in [2.24, 2.45) is 17.6 Å². The Morgan fingerprint density at radius 3 is 2.55 bits per heavy atom. The second-order valence-corrected chi connectivity index (χ2v) is 4.00. The molecule has 3 unspecified atom stereocenters. The van der Waals surface area contributed by atoms with Gasteiger partial charge in [-0.25, -0.2) is 0 Å². The highest BCUT2D eigenvalue weighted by Gasteiger charge is 2.32. The Labute approximate surface area is 69.4 Å². The topological polar surface area (TPSA) is 26.0 Å². The molecule has 2 N–H and O–H groups in total. The van der Waals surface area contributed by atoms with Gasteiger partial charge in [0.1, 0.15) is 0 Å². The van der Waals surface area contributed by atoms with Gasteiger partial charge in [-0.2, -0.15) is 0 Å². The normalized spacial score (nSPS) is 44.9. The first-order chi connectivity index (χ1) is 5.07. The van der Waals surface area contributed by atoms with Crippen molar-refractivity contribution >= 4 is 0 Å². The van der Waals surface area contributed by atoms with E-state index in [2.05, 4.69) is 19.8 Å². The Bertz CT molecular complexity index is 180. The summed E-state index contributed by atoms with van der Waals surface area (Å²) in [7, 11) is 0. The molecule has 0 spiro atoms. The number of rotatable bonds is 0. The molecule has 0 aromatic carbocycles. The first-order valence-corrected chi connectivity index (χ1v) is 4.34. The van der Waals surface area contributed by atoms with E-state index in [0.717, 1.165) is 18.8 Å². The van der Waals surface area contributed by atoms with Gasteiger partial charge in [0.25, 0.3) is 0 Å². The van der Waals surface area contributed by atoms with E-state index in [1.807, 2.05) is 0 Å². The van der Waals surface area contributed by atoms with E-state index in [-0.39, 0.29) is 5.54 Å². The van der Waals surface area contributed by atoms with Gasteiger partial charge in [-0.3, -0.25) is 0 Å². The van der Waals surface area contributed by atoms with Crippen molar-refractivity contribution in [3.63, 3.8) is 0 Å². The van der Waals surface area contributed by atoms with E-state index >= 15 is 0 Å². The quantitative estimate of drug-likeness (QED) is 0.525. The van der Waals surface area contributed by atoms with Crippen molar-refractivity contribution < 1.29 is 0 Å². The molecule has 1 aliphatic rings. The zero-order valence-electron chi connectivity index (χ0n) is 7.43. The van der Waals surface area contributed by atoms with E-state index < -0.39 is 0 Å². The molecular weight excluding hydrogens is 134 g/mol. The minimum absolute atomic E-state index is 0.300. The van der Waals surface area contributed by atoms with Crippen LogP contribution in [0.1, 0.15) is 33.1 Å². The van der Waals surface area contributed by atoms with Gasteiger partial charge in [0.2, 0.25) is 0 Å². The summed E-state index contributed by atoms with van der Waals surface area (Å²) in [4.78, 5) is 0. The van der Waals surface area contributed by atoms with Gasteiger partial charge in [-0.1, -0.05) is 19.8 Å². The predicted molar refractivity (Wildman–Crippen MR) is 47.9 cm³/mol. The average Bonchev–Trinajstić information content (AvgIpc) is 1.98. The third-order valence-corrected chi connectivity index (χ3v) is 2.99. The van der Waals surface area contributed by atoms with Crippen molar-refractivity contribution in [2.75, 3.05) is 0 Å². The molecule has 1 heteroatoms. The minimum Gasteiger partial charge on any atom is -0.315 e. The standard InChI is InChI=1S/C10H17N/c1-4-10(11)6-5-8(2)9(3)7-10/h1,8-9H,5-7,11H2,2-3H3. The van der Waals surface area contributed by atoms with E-state index in [1.54, 1.807) is 0 Å². The molecule has 11 heavy (non-hydrogen) atoms. The number of terminal acetylenes is 1. The Hall–Kier alpha value is -0.480. The van der Waals surface area contributed by atoms with Crippen molar-refractivity contribution in [1.29, 1.82) is 0 Å². The maximum atomic E-state index is 5.97. The second kappa shape index (κ2) is 2.87. The first-order valence-electron chi connectivity index (χ1n) is 4.34. The van der Waals surface area contributed by atoms with Gasteiger partial charge >= 0.3 is 0 Å². The maximum Gasteiger partial charge on any atom is 0.0776 e. The molecule has 0 aromatic rings. The summed E-state index contributed by atoms with van der Waals surface area (Å²) < 4.78 is 0. The number of nitrogens with two attached hydrogens (primary N) is 1. The van der Waals surface area contributed by atoms with Gasteiger partial charge in [0.15, 0.2) is 0 Å². The Morgan fingerprint density at radius 2 is 2.09 bits per heavy atom. The molecular formula is C10H17N. The van der Waals surface area contributed by atoms with Crippen LogP contribution >= 0.6 is 0 Å². The summed E-state index contributed by atoms with van der Waals surface area (Å²) in [5, 5.41) is 0. The van der Waals surface area contributed by atoms with Crippen LogP contribution in [0.2, 0.25) is 0 Å². The highest BCUT2D eigenvalue weighted by atomic mass is 14.7. The zero-order valence-corrected chi connectivity index (χ0v) is 7.43. The molecule has 1 fully saturated rings. The second-order valence-electron chi connectivity index (χ2n) is 4.00. The van der Waals surface area contributed by atoms with E-state index in [4.69, 9.17) is 12.2 Å². The van der Waals surface area contributed by atoms with E-state index in [9.17, 15) is 0 Å². The lowest BCUT2D eigenvalue weighted by Crippen LogP contribution is -2.44. The lowest BCUT2D eigenvalue weighted by Gasteiger charge is -2.36. The van der Waals surface area contributed by atoms with Crippen LogP contribution in [0, 0.1) is 24.2 Å². The van der Waals surface area contributed by atoms with Crippen LogP contribution in [0.5, 0.6) is 0 Å². The van der Waals surface area contributed by atoms with Crippen molar-refractivity contribution in [3.05, 3.63) is 0 Å². The fourth-order valence-corrected chi connectivity index (χ4v) is 1.78. The van der Waals surface area contributed by atoms with Crippen molar-refractivity contribution in [3.8, 4) is 12.3 Å². The van der Waals surface area contributed by atoms with Gasteiger partial charge in [0, 0.05) is 0 Å².